The van der Waals surface area contributed by atoms with Crippen molar-refractivity contribution in [3.63, 3.8) is 0 Å². The van der Waals surface area contributed by atoms with E-state index in [1.54, 1.807) is 7.11 Å². The fourth-order valence-electron chi connectivity index (χ4n) is 3.12. The first-order valence-corrected chi connectivity index (χ1v) is 8.96. The minimum absolute atomic E-state index is 0.0340. The maximum atomic E-state index is 12.4. The van der Waals surface area contributed by atoms with E-state index in [2.05, 4.69) is 9.88 Å². The van der Waals surface area contributed by atoms with Gasteiger partial charge in [-0.25, -0.2) is 4.98 Å². The van der Waals surface area contributed by atoms with Crippen molar-refractivity contribution < 1.29 is 9.53 Å². The molecule has 0 saturated carbocycles. The summed E-state index contributed by atoms with van der Waals surface area (Å²) in [5, 5.41) is 3.08. The summed E-state index contributed by atoms with van der Waals surface area (Å²) in [6, 6.07) is 17.9. The largest absolute Gasteiger partial charge is 0.383 e. The van der Waals surface area contributed by atoms with Gasteiger partial charge >= 0.3 is 0 Å². The second kappa shape index (κ2) is 8.63. The maximum absolute atomic E-state index is 12.4. The summed E-state index contributed by atoms with van der Waals surface area (Å²) in [6.45, 7) is 3.28. The summed E-state index contributed by atoms with van der Waals surface area (Å²) in [4.78, 5) is 17.1. The van der Waals surface area contributed by atoms with Crippen LogP contribution in [0.25, 0.3) is 11.0 Å². The van der Waals surface area contributed by atoms with Crippen LogP contribution in [0, 0.1) is 0 Å². The van der Waals surface area contributed by atoms with Crippen molar-refractivity contribution >= 4 is 16.9 Å². The Bertz CT molecular complexity index is 858. The van der Waals surface area contributed by atoms with Gasteiger partial charge in [-0.2, -0.15) is 0 Å². The van der Waals surface area contributed by atoms with Crippen molar-refractivity contribution in [2.24, 2.45) is 0 Å². The van der Waals surface area contributed by atoms with E-state index in [1.165, 1.54) is 5.56 Å². The van der Waals surface area contributed by atoms with Gasteiger partial charge in [0.25, 0.3) is 0 Å². The number of nitrogens with zero attached hydrogens (tertiary/aromatic N) is 2. The number of methoxy groups -OCH3 is 1. The Morgan fingerprint density at radius 1 is 1.15 bits per heavy atom. The van der Waals surface area contributed by atoms with Crippen LogP contribution in [0.1, 0.15) is 30.8 Å². The molecule has 0 radical (unpaired) electrons. The third-order valence-corrected chi connectivity index (χ3v) is 4.45. The minimum Gasteiger partial charge on any atom is -0.383 e. The number of aromatic nitrogens is 2. The SMILES string of the molecule is COCCn1c(C(C)NC(=O)CCc2ccccc2)nc2ccccc21. The number of fused-ring (bicyclic) bond motifs is 1. The van der Waals surface area contributed by atoms with Gasteiger partial charge in [0.05, 0.1) is 23.7 Å². The molecule has 0 aliphatic carbocycles. The highest BCUT2D eigenvalue weighted by molar-refractivity contribution is 5.78. The van der Waals surface area contributed by atoms with Crippen molar-refractivity contribution in [3.05, 3.63) is 66.0 Å². The molecule has 2 aromatic carbocycles. The molecule has 1 N–H and O–H groups in total. The predicted molar refractivity (Wildman–Crippen MR) is 103 cm³/mol. The summed E-state index contributed by atoms with van der Waals surface area (Å²) in [5.74, 6) is 0.892. The molecule has 1 heterocycles. The van der Waals surface area contributed by atoms with Crippen LogP contribution in [0.2, 0.25) is 0 Å². The van der Waals surface area contributed by atoms with E-state index in [1.807, 2.05) is 61.5 Å². The first-order valence-electron chi connectivity index (χ1n) is 8.96. The van der Waals surface area contributed by atoms with Crippen molar-refractivity contribution in [1.29, 1.82) is 0 Å². The lowest BCUT2D eigenvalue weighted by Crippen LogP contribution is -2.29. The topological polar surface area (TPSA) is 56.1 Å². The van der Waals surface area contributed by atoms with Gasteiger partial charge in [-0.05, 0) is 31.0 Å². The molecule has 0 aliphatic rings. The number of ether oxygens (including phenoxy) is 1. The Kier molecular flexibility index (Phi) is 6.02. The lowest BCUT2D eigenvalue weighted by atomic mass is 10.1. The smallest absolute Gasteiger partial charge is 0.220 e. The lowest BCUT2D eigenvalue weighted by Gasteiger charge is -2.16. The molecule has 0 spiro atoms. The van der Waals surface area contributed by atoms with E-state index >= 15 is 0 Å². The fraction of sp³-hybridized carbons (Fsp3) is 0.333. The molecule has 0 saturated heterocycles. The van der Waals surface area contributed by atoms with E-state index in [4.69, 9.17) is 9.72 Å². The zero-order valence-corrected chi connectivity index (χ0v) is 15.3. The summed E-state index contributed by atoms with van der Waals surface area (Å²) in [5.41, 5.74) is 3.16. The molecule has 0 bridgehead atoms. The average Bonchev–Trinajstić information content (AvgIpc) is 3.04. The minimum atomic E-state index is -0.164. The molecule has 136 valence electrons. The van der Waals surface area contributed by atoms with Crippen LogP contribution in [0.3, 0.4) is 0 Å². The Hall–Kier alpha value is -2.66. The molecule has 26 heavy (non-hydrogen) atoms. The number of benzene rings is 2. The molecular weight excluding hydrogens is 326 g/mol. The first-order chi connectivity index (χ1) is 12.7. The Labute approximate surface area is 154 Å². The van der Waals surface area contributed by atoms with Crippen LogP contribution >= 0.6 is 0 Å². The fourth-order valence-corrected chi connectivity index (χ4v) is 3.12. The van der Waals surface area contributed by atoms with E-state index in [0.717, 1.165) is 23.3 Å². The summed E-state index contributed by atoms with van der Waals surface area (Å²) >= 11 is 0. The number of carbonyl (C=O) groups excluding carboxylic acids is 1. The molecule has 5 nitrogen and oxygen atoms in total. The van der Waals surface area contributed by atoms with E-state index < -0.39 is 0 Å². The first kappa shape index (κ1) is 18.1. The van der Waals surface area contributed by atoms with Gasteiger partial charge in [-0.15, -0.1) is 0 Å². The quantitative estimate of drug-likeness (QED) is 0.676. The Morgan fingerprint density at radius 3 is 2.65 bits per heavy atom. The molecular formula is C21H25N3O2. The second-order valence-electron chi connectivity index (χ2n) is 6.38. The van der Waals surface area contributed by atoms with Crippen LogP contribution in [0.5, 0.6) is 0 Å². The number of hydrogen-bond acceptors (Lipinski definition) is 3. The Morgan fingerprint density at radius 2 is 1.88 bits per heavy atom. The number of imidazole rings is 1. The van der Waals surface area contributed by atoms with Crippen molar-refractivity contribution in [1.82, 2.24) is 14.9 Å². The van der Waals surface area contributed by atoms with E-state index in [-0.39, 0.29) is 11.9 Å². The van der Waals surface area contributed by atoms with Gasteiger partial charge in [-0.3, -0.25) is 4.79 Å². The van der Waals surface area contributed by atoms with Gasteiger partial charge in [0.15, 0.2) is 0 Å². The number of aryl methyl sites for hydroxylation is 1. The summed E-state index contributed by atoms with van der Waals surface area (Å²) in [6.07, 6.45) is 1.20. The van der Waals surface area contributed by atoms with E-state index in [9.17, 15) is 4.79 Å². The van der Waals surface area contributed by atoms with Crippen LogP contribution in [0.4, 0.5) is 0 Å². The van der Waals surface area contributed by atoms with Gasteiger partial charge in [0.1, 0.15) is 5.82 Å². The van der Waals surface area contributed by atoms with Crippen LogP contribution in [-0.4, -0.2) is 29.2 Å². The number of nitrogens with one attached hydrogen (secondary N) is 1. The van der Waals surface area contributed by atoms with Gasteiger partial charge < -0.3 is 14.6 Å². The number of para-hydroxylation sites is 2. The zero-order valence-electron chi connectivity index (χ0n) is 15.3. The summed E-state index contributed by atoms with van der Waals surface area (Å²) < 4.78 is 7.36. The number of amides is 1. The third kappa shape index (κ3) is 4.29. The predicted octanol–water partition coefficient (Wildman–Crippen LogP) is 3.49. The lowest BCUT2D eigenvalue weighted by molar-refractivity contribution is -0.121. The highest BCUT2D eigenvalue weighted by Gasteiger charge is 2.18. The standard InChI is InChI=1S/C21H25N3O2/c1-16(22-20(25)13-12-17-8-4-3-5-9-17)21-23-18-10-6-7-11-19(18)24(21)14-15-26-2/h3-11,16H,12-15H2,1-2H3,(H,22,25). The van der Waals surface area contributed by atoms with E-state index in [0.29, 0.717) is 19.6 Å². The van der Waals surface area contributed by atoms with Crippen LogP contribution in [0.15, 0.2) is 54.6 Å². The monoisotopic (exact) mass is 351 g/mol. The van der Waals surface area contributed by atoms with Crippen molar-refractivity contribution in [3.8, 4) is 0 Å². The second-order valence-corrected chi connectivity index (χ2v) is 6.38. The normalized spacial score (nSPS) is 12.2. The van der Waals surface area contributed by atoms with Crippen molar-refractivity contribution in [2.45, 2.75) is 32.4 Å². The molecule has 1 unspecified atom stereocenters. The van der Waals surface area contributed by atoms with Gasteiger partial charge in [0, 0.05) is 20.1 Å². The summed E-state index contributed by atoms with van der Waals surface area (Å²) in [7, 11) is 1.69. The molecule has 1 amide bonds. The molecule has 3 aromatic rings. The number of hydrogen-bond donors (Lipinski definition) is 1. The molecule has 0 aliphatic heterocycles. The average molecular weight is 351 g/mol. The van der Waals surface area contributed by atoms with Gasteiger partial charge in [-0.1, -0.05) is 42.5 Å². The number of carbonyl (C=O) groups is 1. The maximum Gasteiger partial charge on any atom is 0.220 e. The zero-order chi connectivity index (χ0) is 18.4. The molecule has 0 fully saturated rings. The highest BCUT2D eigenvalue weighted by Crippen LogP contribution is 2.21. The van der Waals surface area contributed by atoms with Gasteiger partial charge in [0.2, 0.25) is 5.91 Å². The molecule has 1 aromatic heterocycles. The highest BCUT2D eigenvalue weighted by atomic mass is 16.5. The van der Waals surface area contributed by atoms with Crippen LogP contribution in [-0.2, 0) is 22.5 Å². The molecule has 5 heteroatoms. The molecule has 1 atom stereocenters. The van der Waals surface area contributed by atoms with Crippen molar-refractivity contribution in [2.75, 3.05) is 13.7 Å². The van der Waals surface area contributed by atoms with Crippen LogP contribution < -0.4 is 5.32 Å². The Balaban J connectivity index is 1.70. The molecule has 3 rings (SSSR count). The number of rotatable bonds is 8. The third-order valence-electron chi connectivity index (χ3n) is 4.45.